The molecule has 0 radical (unpaired) electrons. The minimum absolute atomic E-state index is 0.464. The van der Waals surface area contributed by atoms with Crippen molar-refractivity contribution in [3.05, 3.63) is 65.5 Å². The van der Waals surface area contributed by atoms with Crippen molar-refractivity contribution < 1.29 is 0 Å². The van der Waals surface area contributed by atoms with E-state index in [1.165, 1.54) is 16.7 Å². The minimum atomic E-state index is 0.464. The number of benzene rings is 1. The van der Waals surface area contributed by atoms with Gasteiger partial charge in [-0.25, -0.2) is 0 Å². The first-order valence-corrected chi connectivity index (χ1v) is 5.90. The van der Waals surface area contributed by atoms with Crippen molar-refractivity contribution in [2.45, 2.75) is 12.8 Å². The molecule has 17 heavy (non-hydrogen) atoms. The standard InChI is InChI=1S/C15H14N2/c1-11-9-17-15(12-5-3-2-4-6-12)13-7-8-16-10-14(11)13/h2-8,10-11H,9H2,1H3. The second kappa shape index (κ2) is 4.13. The van der Waals surface area contributed by atoms with Crippen molar-refractivity contribution in [3.63, 3.8) is 0 Å². The maximum Gasteiger partial charge on any atom is 0.0723 e. The van der Waals surface area contributed by atoms with Gasteiger partial charge in [-0.3, -0.25) is 9.98 Å². The molecule has 1 unspecified atom stereocenters. The van der Waals surface area contributed by atoms with Crippen LogP contribution in [-0.2, 0) is 0 Å². The average molecular weight is 222 g/mol. The Labute approximate surface area is 101 Å². The molecular weight excluding hydrogens is 208 g/mol. The highest BCUT2D eigenvalue weighted by molar-refractivity contribution is 6.14. The van der Waals surface area contributed by atoms with Crippen LogP contribution in [0.5, 0.6) is 0 Å². The Kier molecular flexibility index (Phi) is 2.48. The summed E-state index contributed by atoms with van der Waals surface area (Å²) in [6, 6.07) is 12.4. The molecule has 0 bridgehead atoms. The third-order valence-electron chi connectivity index (χ3n) is 3.21. The van der Waals surface area contributed by atoms with Gasteiger partial charge in [-0.1, -0.05) is 37.3 Å². The number of pyridine rings is 1. The van der Waals surface area contributed by atoms with Crippen LogP contribution >= 0.6 is 0 Å². The Bertz CT molecular complexity index is 558. The van der Waals surface area contributed by atoms with Gasteiger partial charge in [0.1, 0.15) is 0 Å². The zero-order valence-electron chi connectivity index (χ0n) is 9.80. The maximum absolute atomic E-state index is 4.71. The molecule has 2 heteroatoms. The van der Waals surface area contributed by atoms with E-state index in [1.807, 2.05) is 18.5 Å². The molecule has 0 spiro atoms. The first kappa shape index (κ1) is 10.2. The predicted molar refractivity (Wildman–Crippen MR) is 69.6 cm³/mol. The first-order chi connectivity index (χ1) is 8.36. The summed E-state index contributed by atoms with van der Waals surface area (Å²) in [6.45, 7) is 3.05. The van der Waals surface area contributed by atoms with Crippen LogP contribution in [0.1, 0.15) is 29.5 Å². The topological polar surface area (TPSA) is 25.2 Å². The van der Waals surface area contributed by atoms with Gasteiger partial charge in [0.05, 0.1) is 5.71 Å². The molecule has 1 aromatic heterocycles. The summed E-state index contributed by atoms with van der Waals surface area (Å²) in [6.07, 6.45) is 3.81. The van der Waals surface area contributed by atoms with Gasteiger partial charge in [0, 0.05) is 36.0 Å². The van der Waals surface area contributed by atoms with Crippen LogP contribution in [0.25, 0.3) is 0 Å². The summed E-state index contributed by atoms with van der Waals surface area (Å²) in [7, 11) is 0. The molecule has 84 valence electrons. The molecule has 0 fully saturated rings. The molecule has 0 N–H and O–H groups in total. The first-order valence-electron chi connectivity index (χ1n) is 5.90. The monoisotopic (exact) mass is 222 g/mol. The molecule has 3 rings (SSSR count). The Morgan fingerprint density at radius 3 is 2.76 bits per heavy atom. The highest BCUT2D eigenvalue weighted by Crippen LogP contribution is 2.26. The Balaban J connectivity index is 2.14. The van der Waals surface area contributed by atoms with Gasteiger partial charge in [-0.2, -0.15) is 0 Å². The molecule has 0 saturated carbocycles. The molecule has 2 nitrogen and oxygen atoms in total. The van der Waals surface area contributed by atoms with Gasteiger partial charge in [-0.05, 0) is 11.6 Å². The van der Waals surface area contributed by atoms with E-state index in [9.17, 15) is 0 Å². The normalized spacial score (nSPS) is 18.4. The van der Waals surface area contributed by atoms with Crippen LogP contribution in [0.4, 0.5) is 0 Å². The van der Waals surface area contributed by atoms with Crippen molar-refractivity contribution in [3.8, 4) is 0 Å². The molecule has 1 aliphatic heterocycles. The van der Waals surface area contributed by atoms with Crippen LogP contribution in [0.3, 0.4) is 0 Å². The number of nitrogens with zero attached hydrogens (tertiary/aromatic N) is 2. The quantitative estimate of drug-likeness (QED) is 0.728. The number of aromatic nitrogens is 1. The van der Waals surface area contributed by atoms with Crippen LogP contribution < -0.4 is 0 Å². The van der Waals surface area contributed by atoms with Gasteiger partial charge in [0.15, 0.2) is 0 Å². The van der Waals surface area contributed by atoms with Crippen LogP contribution in [-0.4, -0.2) is 17.2 Å². The lowest BCUT2D eigenvalue weighted by molar-refractivity contribution is 0.756. The molecule has 2 aromatic rings. The van der Waals surface area contributed by atoms with Crippen molar-refractivity contribution in [2.75, 3.05) is 6.54 Å². The van der Waals surface area contributed by atoms with E-state index in [-0.39, 0.29) is 0 Å². The number of aliphatic imine (C=N–C) groups is 1. The zero-order chi connectivity index (χ0) is 11.7. The second-order valence-corrected chi connectivity index (χ2v) is 4.42. The highest BCUT2D eigenvalue weighted by Gasteiger charge is 2.20. The van der Waals surface area contributed by atoms with Gasteiger partial charge in [-0.15, -0.1) is 0 Å². The van der Waals surface area contributed by atoms with Crippen molar-refractivity contribution in [2.24, 2.45) is 4.99 Å². The smallest absolute Gasteiger partial charge is 0.0723 e. The summed E-state index contributed by atoms with van der Waals surface area (Å²) in [5.41, 5.74) is 4.82. The fourth-order valence-corrected chi connectivity index (χ4v) is 2.27. The largest absolute Gasteiger partial charge is 0.283 e. The second-order valence-electron chi connectivity index (χ2n) is 4.42. The Morgan fingerprint density at radius 2 is 1.94 bits per heavy atom. The fraction of sp³-hybridized carbons (Fsp3) is 0.200. The van der Waals surface area contributed by atoms with E-state index in [0.717, 1.165) is 12.3 Å². The molecule has 1 aliphatic rings. The number of rotatable bonds is 1. The summed E-state index contributed by atoms with van der Waals surface area (Å²) in [4.78, 5) is 8.93. The van der Waals surface area contributed by atoms with E-state index in [4.69, 9.17) is 4.99 Å². The predicted octanol–water partition coefficient (Wildman–Crippen LogP) is 3.04. The van der Waals surface area contributed by atoms with E-state index >= 15 is 0 Å². The zero-order valence-corrected chi connectivity index (χ0v) is 9.80. The third kappa shape index (κ3) is 1.76. The van der Waals surface area contributed by atoms with Crippen LogP contribution in [0.2, 0.25) is 0 Å². The minimum Gasteiger partial charge on any atom is -0.283 e. The SMILES string of the molecule is CC1CN=C(c2ccccc2)c2ccncc21. The number of fused-ring (bicyclic) bond motifs is 1. The Hall–Kier alpha value is -1.96. The van der Waals surface area contributed by atoms with Gasteiger partial charge in [0.25, 0.3) is 0 Å². The van der Waals surface area contributed by atoms with Crippen LogP contribution in [0, 0.1) is 0 Å². The van der Waals surface area contributed by atoms with Gasteiger partial charge in [0.2, 0.25) is 0 Å². The molecule has 0 amide bonds. The maximum atomic E-state index is 4.71. The van der Waals surface area contributed by atoms with Crippen molar-refractivity contribution in [1.29, 1.82) is 0 Å². The lowest BCUT2D eigenvalue weighted by atomic mass is 9.89. The van der Waals surface area contributed by atoms with E-state index in [0.29, 0.717) is 5.92 Å². The fourth-order valence-electron chi connectivity index (χ4n) is 2.27. The highest BCUT2D eigenvalue weighted by atomic mass is 14.8. The summed E-state index contributed by atoms with van der Waals surface area (Å²) in [5, 5.41) is 0. The lowest BCUT2D eigenvalue weighted by Crippen LogP contribution is -2.17. The summed E-state index contributed by atoms with van der Waals surface area (Å²) >= 11 is 0. The van der Waals surface area contributed by atoms with Crippen LogP contribution in [0.15, 0.2) is 53.8 Å². The number of hydrogen-bond acceptors (Lipinski definition) is 2. The number of hydrogen-bond donors (Lipinski definition) is 0. The molecule has 2 heterocycles. The molecular formula is C15H14N2. The lowest BCUT2D eigenvalue weighted by Gasteiger charge is -2.21. The molecule has 1 aromatic carbocycles. The van der Waals surface area contributed by atoms with E-state index in [2.05, 4.69) is 42.2 Å². The van der Waals surface area contributed by atoms with E-state index < -0.39 is 0 Å². The molecule has 1 atom stereocenters. The van der Waals surface area contributed by atoms with Crippen molar-refractivity contribution in [1.82, 2.24) is 4.98 Å². The third-order valence-corrected chi connectivity index (χ3v) is 3.21. The van der Waals surface area contributed by atoms with Gasteiger partial charge < -0.3 is 0 Å². The molecule has 0 saturated heterocycles. The van der Waals surface area contributed by atoms with Gasteiger partial charge >= 0.3 is 0 Å². The molecule has 0 aliphatic carbocycles. The van der Waals surface area contributed by atoms with E-state index in [1.54, 1.807) is 0 Å². The summed E-state index contributed by atoms with van der Waals surface area (Å²) < 4.78 is 0. The van der Waals surface area contributed by atoms with Crippen molar-refractivity contribution >= 4 is 5.71 Å². The average Bonchev–Trinajstić information content (AvgIpc) is 2.41. The Morgan fingerprint density at radius 1 is 1.12 bits per heavy atom. The summed E-state index contributed by atoms with van der Waals surface area (Å²) in [5.74, 6) is 0.464.